The molecule has 0 aromatic heterocycles. The number of rotatable bonds is 3. The van der Waals surface area contributed by atoms with Gasteiger partial charge in [-0.05, 0) is 20.3 Å². The highest BCUT2D eigenvalue weighted by atomic mass is 16.8. The number of hydrogen-bond donors (Lipinski definition) is 1. The summed E-state index contributed by atoms with van der Waals surface area (Å²) < 4.78 is 11.6. The largest absolute Gasteiger partial charge is 0.431 e. The number of hydrogen-bond acceptors (Lipinski definition) is 4. The van der Waals surface area contributed by atoms with Crippen LogP contribution >= 0.6 is 0 Å². The summed E-state index contributed by atoms with van der Waals surface area (Å²) in [6.45, 7) is 13.4. The number of nitrogens with two attached hydrogens (primary N) is 1. The zero-order valence-corrected chi connectivity index (χ0v) is 12.7. The zero-order valence-electron chi connectivity index (χ0n) is 12.7. The Bertz CT molecular complexity index is 345. The molecular weight excluding hydrogens is 230 g/mol. The summed E-state index contributed by atoms with van der Waals surface area (Å²) in [5.41, 5.74) is 4.17. The Balaban J connectivity index is 3.11. The van der Waals surface area contributed by atoms with Gasteiger partial charge in [-0.1, -0.05) is 34.1 Å². The van der Waals surface area contributed by atoms with Crippen LogP contribution in [0, 0.1) is 5.41 Å². The smallest absolute Gasteiger partial charge is 0.342 e. The number of esters is 1. The Hall–Kier alpha value is -0.610. The Kier molecular flexibility index (Phi) is 3.61. The van der Waals surface area contributed by atoms with Gasteiger partial charge in [-0.3, -0.25) is 0 Å². The van der Waals surface area contributed by atoms with Gasteiger partial charge in [0, 0.05) is 12.3 Å². The van der Waals surface area contributed by atoms with Gasteiger partial charge in [-0.15, -0.1) is 0 Å². The van der Waals surface area contributed by atoms with E-state index in [4.69, 9.17) is 15.2 Å². The van der Waals surface area contributed by atoms with Crippen molar-refractivity contribution < 1.29 is 14.3 Å². The molecule has 4 nitrogen and oxygen atoms in total. The molecule has 1 heterocycles. The summed E-state index contributed by atoms with van der Waals surface area (Å²) >= 11 is 0. The van der Waals surface area contributed by atoms with Gasteiger partial charge in [0.1, 0.15) is 0 Å². The van der Waals surface area contributed by atoms with E-state index in [0.717, 1.165) is 6.42 Å². The topological polar surface area (TPSA) is 61.6 Å². The minimum Gasteiger partial charge on any atom is -0.431 e. The second-order valence-electron chi connectivity index (χ2n) is 6.89. The van der Waals surface area contributed by atoms with E-state index in [2.05, 4.69) is 0 Å². The monoisotopic (exact) mass is 257 g/mol. The fraction of sp³-hybridized carbons (Fsp3) is 0.929. The van der Waals surface area contributed by atoms with Gasteiger partial charge in [-0.2, -0.15) is 0 Å². The number of carbonyl (C=O) groups excluding carboxylic acids is 1. The van der Waals surface area contributed by atoms with Crippen LogP contribution in [-0.4, -0.2) is 22.9 Å². The highest BCUT2D eigenvalue weighted by molar-refractivity contribution is 5.83. The first-order valence-electron chi connectivity index (χ1n) is 6.62. The van der Waals surface area contributed by atoms with E-state index < -0.39 is 16.9 Å². The van der Waals surface area contributed by atoms with Crippen molar-refractivity contribution in [2.75, 3.05) is 0 Å². The summed E-state index contributed by atoms with van der Waals surface area (Å²) in [6.07, 6.45) is 1.60. The lowest BCUT2D eigenvalue weighted by atomic mass is 9.79. The highest BCUT2D eigenvalue weighted by Crippen LogP contribution is 2.47. The van der Waals surface area contributed by atoms with Crippen LogP contribution in [0.3, 0.4) is 0 Å². The van der Waals surface area contributed by atoms with E-state index in [1.165, 1.54) is 0 Å². The Labute approximate surface area is 110 Å². The quantitative estimate of drug-likeness (QED) is 0.789. The average molecular weight is 257 g/mol. The molecule has 0 radical (unpaired) electrons. The molecule has 2 N–H and O–H groups in total. The van der Waals surface area contributed by atoms with Crippen molar-refractivity contribution in [3.8, 4) is 0 Å². The van der Waals surface area contributed by atoms with Crippen LogP contribution in [-0.2, 0) is 14.3 Å². The first-order valence-corrected chi connectivity index (χ1v) is 6.62. The fourth-order valence-corrected chi connectivity index (χ4v) is 2.14. The van der Waals surface area contributed by atoms with Crippen LogP contribution in [0.15, 0.2) is 0 Å². The standard InChI is InChI=1S/C14H27NO3/c1-8-9-12(5,15)13(6)10(16)17-14(7,18-13)11(2,3)4/h8-9,15H2,1-7H3/t12-,13+,14-/m1/s1. The van der Waals surface area contributed by atoms with Gasteiger partial charge < -0.3 is 15.2 Å². The van der Waals surface area contributed by atoms with Crippen LogP contribution in [0.2, 0.25) is 0 Å². The van der Waals surface area contributed by atoms with Crippen molar-refractivity contribution in [1.29, 1.82) is 0 Å². The van der Waals surface area contributed by atoms with E-state index in [1.54, 1.807) is 13.8 Å². The molecule has 1 aliphatic rings. The van der Waals surface area contributed by atoms with Gasteiger partial charge in [0.25, 0.3) is 0 Å². The minimum atomic E-state index is -1.09. The first kappa shape index (κ1) is 15.4. The summed E-state index contributed by atoms with van der Waals surface area (Å²) in [7, 11) is 0. The summed E-state index contributed by atoms with van der Waals surface area (Å²) in [6, 6.07) is 0. The first-order chi connectivity index (χ1) is 7.90. The van der Waals surface area contributed by atoms with Gasteiger partial charge in [0.15, 0.2) is 5.60 Å². The summed E-state index contributed by atoms with van der Waals surface area (Å²) in [4.78, 5) is 12.3. The minimum absolute atomic E-state index is 0.303. The Morgan fingerprint density at radius 3 is 2.06 bits per heavy atom. The molecule has 0 aliphatic carbocycles. The Morgan fingerprint density at radius 2 is 1.72 bits per heavy atom. The van der Waals surface area contributed by atoms with Crippen LogP contribution in [0.5, 0.6) is 0 Å². The third-order valence-electron chi connectivity index (χ3n) is 4.30. The molecule has 106 valence electrons. The van der Waals surface area contributed by atoms with Gasteiger partial charge in [0.2, 0.25) is 5.79 Å². The SMILES string of the molecule is CCC[C@@](C)(N)[C@@]1(C)O[C@](C)(C(C)(C)C)OC1=O. The third kappa shape index (κ3) is 2.16. The normalized spacial score (nSPS) is 36.3. The van der Waals surface area contributed by atoms with E-state index in [1.807, 2.05) is 34.6 Å². The summed E-state index contributed by atoms with van der Waals surface area (Å²) in [5, 5.41) is 0. The predicted molar refractivity (Wildman–Crippen MR) is 70.9 cm³/mol. The maximum Gasteiger partial charge on any atom is 0.342 e. The molecule has 1 aliphatic heterocycles. The second-order valence-corrected chi connectivity index (χ2v) is 6.89. The van der Waals surface area contributed by atoms with Crippen molar-refractivity contribution >= 4 is 5.97 Å². The van der Waals surface area contributed by atoms with Crippen LogP contribution in [0.1, 0.15) is 61.3 Å². The summed E-state index contributed by atoms with van der Waals surface area (Å²) in [5.74, 6) is -1.30. The van der Waals surface area contributed by atoms with E-state index in [0.29, 0.717) is 6.42 Å². The third-order valence-corrected chi connectivity index (χ3v) is 4.30. The number of cyclic esters (lactones) is 1. The van der Waals surface area contributed by atoms with E-state index >= 15 is 0 Å². The van der Waals surface area contributed by atoms with Crippen molar-refractivity contribution in [3.05, 3.63) is 0 Å². The number of carbonyl (C=O) groups is 1. The number of ether oxygens (including phenoxy) is 2. The van der Waals surface area contributed by atoms with Crippen molar-refractivity contribution in [3.63, 3.8) is 0 Å². The molecule has 1 rings (SSSR count). The average Bonchev–Trinajstić information content (AvgIpc) is 2.38. The maximum absolute atomic E-state index is 12.3. The molecule has 18 heavy (non-hydrogen) atoms. The highest BCUT2D eigenvalue weighted by Gasteiger charge is 2.63. The molecule has 1 saturated heterocycles. The van der Waals surface area contributed by atoms with Crippen molar-refractivity contribution in [2.24, 2.45) is 11.1 Å². The van der Waals surface area contributed by atoms with Gasteiger partial charge in [0.05, 0.1) is 5.54 Å². The molecule has 1 fully saturated rings. The van der Waals surface area contributed by atoms with Crippen LogP contribution in [0.25, 0.3) is 0 Å². The van der Waals surface area contributed by atoms with Crippen LogP contribution in [0.4, 0.5) is 0 Å². The van der Waals surface area contributed by atoms with Crippen LogP contribution < -0.4 is 5.73 Å². The van der Waals surface area contributed by atoms with Crippen molar-refractivity contribution in [2.45, 2.75) is 78.2 Å². The molecule has 0 amide bonds. The molecule has 0 spiro atoms. The molecule has 0 bridgehead atoms. The van der Waals surface area contributed by atoms with Gasteiger partial charge >= 0.3 is 5.97 Å². The van der Waals surface area contributed by atoms with E-state index in [-0.39, 0.29) is 11.4 Å². The predicted octanol–water partition coefficient (Wildman–Crippen LogP) is 2.60. The molecule has 4 heteroatoms. The Morgan fingerprint density at radius 1 is 1.22 bits per heavy atom. The van der Waals surface area contributed by atoms with E-state index in [9.17, 15) is 4.79 Å². The maximum atomic E-state index is 12.3. The van der Waals surface area contributed by atoms with Crippen molar-refractivity contribution in [1.82, 2.24) is 0 Å². The molecule has 0 aromatic rings. The lowest BCUT2D eigenvalue weighted by Crippen LogP contribution is -2.61. The van der Waals surface area contributed by atoms with Gasteiger partial charge in [-0.25, -0.2) is 4.79 Å². The second kappa shape index (κ2) is 4.20. The molecule has 0 saturated carbocycles. The lowest BCUT2D eigenvalue weighted by Gasteiger charge is -2.41. The molecular formula is C14H27NO3. The molecule has 0 aromatic carbocycles. The fourth-order valence-electron chi connectivity index (χ4n) is 2.14. The molecule has 0 unspecified atom stereocenters. The lowest BCUT2D eigenvalue weighted by molar-refractivity contribution is -0.238. The molecule has 3 atom stereocenters. The zero-order chi connectivity index (χ0) is 14.4.